The molecule has 1 saturated heterocycles. The molecular formula is C14H28F3N3. The second kappa shape index (κ2) is 7.09. The first-order valence-electron chi connectivity index (χ1n) is 7.32. The zero-order valence-corrected chi connectivity index (χ0v) is 13.1. The highest BCUT2D eigenvalue weighted by Crippen LogP contribution is 2.20. The molecule has 0 aromatic carbocycles. The van der Waals surface area contributed by atoms with Crippen LogP contribution in [0.3, 0.4) is 0 Å². The summed E-state index contributed by atoms with van der Waals surface area (Å²) < 4.78 is 37.0. The van der Waals surface area contributed by atoms with Crippen molar-refractivity contribution < 1.29 is 13.2 Å². The smallest absolute Gasteiger partial charge is 0.314 e. The Morgan fingerprint density at radius 1 is 0.950 bits per heavy atom. The first-order chi connectivity index (χ1) is 9.07. The van der Waals surface area contributed by atoms with Crippen molar-refractivity contribution in [2.75, 3.05) is 45.8 Å². The van der Waals surface area contributed by atoms with E-state index in [2.05, 4.69) is 37.9 Å². The lowest BCUT2D eigenvalue weighted by Gasteiger charge is -2.39. The van der Waals surface area contributed by atoms with Gasteiger partial charge in [-0.1, -0.05) is 27.7 Å². The molecule has 3 nitrogen and oxygen atoms in total. The predicted molar refractivity (Wildman–Crippen MR) is 75.9 cm³/mol. The van der Waals surface area contributed by atoms with Crippen molar-refractivity contribution in [1.82, 2.24) is 15.1 Å². The number of nitrogens with zero attached hydrogens (tertiary/aromatic N) is 2. The maximum atomic E-state index is 12.3. The lowest BCUT2D eigenvalue weighted by molar-refractivity contribution is -0.149. The SMILES string of the molecule is CC(C)NCC(C)(C)CN1CCN(CC(F)(F)F)CC1. The molecule has 0 spiro atoms. The third kappa shape index (κ3) is 7.45. The van der Waals surface area contributed by atoms with E-state index < -0.39 is 12.7 Å². The molecule has 6 heteroatoms. The van der Waals surface area contributed by atoms with Crippen molar-refractivity contribution in [2.45, 2.75) is 39.9 Å². The molecule has 1 heterocycles. The van der Waals surface area contributed by atoms with Crippen LogP contribution in [-0.4, -0.2) is 67.8 Å². The van der Waals surface area contributed by atoms with Crippen molar-refractivity contribution in [2.24, 2.45) is 5.41 Å². The minimum absolute atomic E-state index is 0.135. The van der Waals surface area contributed by atoms with E-state index >= 15 is 0 Å². The Morgan fingerprint density at radius 2 is 1.40 bits per heavy atom. The Labute approximate surface area is 120 Å². The van der Waals surface area contributed by atoms with Crippen LogP contribution in [-0.2, 0) is 0 Å². The van der Waals surface area contributed by atoms with Gasteiger partial charge in [0.15, 0.2) is 0 Å². The summed E-state index contributed by atoms with van der Waals surface area (Å²) in [7, 11) is 0. The maximum absolute atomic E-state index is 12.3. The summed E-state index contributed by atoms with van der Waals surface area (Å²) >= 11 is 0. The monoisotopic (exact) mass is 295 g/mol. The average Bonchev–Trinajstić information content (AvgIpc) is 2.27. The molecule has 1 N–H and O–H groups in total. The van der Waals surface area contributed by atoms with E-state index in [1.54, 1.807) is 0 Å². The van der Waals surface area contributed by atoms with E-state index in [4.69, 9.17) is 0 Å². The third-order valence-corrected chi connectivity index (χ3v) is 3.51. The van der Waals surface area contributed by atoms with Crippen LogP contribution in [0.4, 0.5) is 13.2 Å². The quantitative estimate of drug-likeness (QED) is 0.810. The Morgan fingerprint density at radius 3 is 1.80 bits per heavy atom. The van der Waals surface area contributed by atoms with Crippen LogP contribution in [0.25, 0.3) is 0 Å². The molecular weight excluding hydrogens is 267 g/mol. The molecule has 0 aromatic rings. The Hall–Kier alpha value is -0.330. The number of nitrogens with one attached hydrogen (secondary N) is 1. The van der Waals surface area contributed by atoms with Gasteiger partial charge in [-0.25, -0.2) is 0 Å². The van der Waals surface area contributed by atoms with Gasteiger partial charge < -0.3 is 10.2 Å². The molecule has 1 fully saturated rings. The number of alkyl halides is 3. The van der Waals surface area contributed by atoms with Crippen molar-refractivity contribution in [3.63, 3.8) is 0 Å². The topological polar surface area (TPSA) is 18.5 Å². The lowest BCUT2D eigenvalue weighted by Crippen LogP contribution is -2.52. The van der Waals surface area contributed by atoms with E-state index in [-0.39, 0.29) is 5.41 Å². The number of piperazine rings is 1. The average molecular weight is 295 g/mol. The maximum Gasteiger partial charge on any atom is 0.401 e. The second-order valence-electron chi connectivity index (χ2n) is 6.87. The summed E-state index contributed by atoms with van der Waals surface area (Å²) in [5.41, 5.74) is 0.135. The molecule has 1 aliphatic heterocycles. The normalized spacial score (nSPS) is 19.8. The van der Waals surface area contributed by atoms with E-state index in [0.29, 0.717) is 19.1 Å². The second-order valence-corrected chi connectivity index (χ2v) is 6.87. The highest BCUT2D eigenvalue weighted by Gasteiger charge is 2.33. The van der Waals surface area contributed by atoms with Crippen molar-refractivity contribution in [3.8, 4) is 0 Å². The summed E-state index contributed by atoms with van der Waals surface area (Å²) in [5, 5.41) is 3.43. The van der Waals surface area contributed by atoms with Crippen molar-refractivity contribution in [3.05, 3.63) is 0 Å². The number of halogens is 3. The van der Waals surface area contributed by atoms with E-state index in [1.165, 1.54) is 4.90 Å². The zero-order chi connectivity index (χ0) is 15.4. The third-order valence-electron chi connectivity index (χ3n) is 3.51. The van der Waals surface area contributed by atoms with E-state index in [1.807, 2.05) is 0 Å². The summed E-state index contributed by atoms with van der Waals surface area (Å²) in [5.74, 6) is 0. The highest BCUT2D eigenvalue weighted by atomic mass is 19.4. The summed E-state index contributed by atoms with van der Waals surface area (Å²) in [6.07, 6.45) is -4.08. The predicted octanol–water partition coefficient (Wildman–Crippen LogP) is 2.19. The Bertz CT molecular complexity index is 282. The highest BCUT2D eigenvalue weighted by molar-refractivity contribution is 4.81. The molecule has 0 aliphatic carbocycles. The molecule has 20 heavy (non-hydrogen) atoms. The van der Waals surface area contributed by atoms with Crippen LogP contribution >= 0.6 is 0 Å². The van der Waals surface area contributed by atoms with Crippen LogP contribution in [0.5, 0.6) is 0 Å². The molecule has 0 unspecified atom stereocenters. The van der Waals surface area contributed by atoms with Gasteiger partial charge in [-0.05, 0) is 5.41 Å². The first-order valence-corrected chi connectivity index (χ1v) is 7.32. The standard InChI is InChI=1S/C14H28F3N3/c1-12(2)18-9-13(3,4)10-19-5-7-20(8-6-19)11-14(15,16)17/h12,18H,5-11H2,1-4H3. The summed E-state index contributed by atoms with van der Waals surface area (Å²) in [4.78, 5) is 3.77. The molecule has 0 bridgehead atoms. The first kappa shape index (κ1) is 17.7. The van der Waals surface area contributed by atoms with Crippen molar-refractivity contribution >= 4 is 0 Å². The van der Waals surface area contributed by atoms with Gasteiger partial charge in [-0.3, -0.25) is 4.90 Å². The van der Waals surface area contributed by atoms with Gasteiger partial charge in [0.25, 0.3) is 0 Å². The van der Waals surface area contributed by atoms with Gasteiger partial charge in [0.2, 0.25) is 0 Å². The van der Waals surface area contributed by atoms with Gasteiger partial charge in [-0.15, -0.1) is 0 Å². The van der Waals surface area contributed by atoms with Crippen molar-refractivity contribution in [1.29, 1.82) is 0 Å². The molecule has 0 atom stereocenters. The number of hydrogen-bond acceptors (Lipinski definition) is 3. The molecule has 0 saturated carbocycles. The lowest BCUT2D eigenvalue weighted by atomic mass is 9.92. The number of hydrogen-bond donors (Lipinski definition) is 1. The van der Waals surface area contributed by atoms with Gasteiger partial charge in [0.1, 0.15) is 0 Å². The minimum atomic E-state index is -4.08. The molecule has 1 rings (SSSR count). The van der Waals surface area contributed by atoms with Crippen LogP contribution in [0.15, 0.2) is 0 Å². The summed E-state index contributed by atoms with van der Waals surface area (Å²) in [6.45, 7) is 12.2. The van der Waals surface area contributed by atoms with Gasteiger partial charge in [-0.2, -0.15) is 13.2 Å². The Kier molecular flexibility index (Phi) is 6.28. The molecule has 0 amide bonds. The minimum Gasteiger partial charge on any atom is -0.314 e. The molecule has 1 aliphatic rings. The van der Waals surface area contributed by atoms with Gasteiger partial charge in [0.05, 0.1) is 6.54 Å². The van der Waals surface area contributed by atoms with E-state index in [0.717, 1.165) is 26.2 Å². The fourth-order valence-electron chi connectivity index (χ4n) is 2.50. The molecule has 0 radical (unpaired) electrons. The fraction of sp³-hybridized carbons (Fsp3) is 1.00. The van der Waals surface area contributed by atoms with Crippen LogP contribution in [0.1, 0.15) is 27.7 Å². The largest absolute Gasteiger partial charge is 0.401 e. The Balaban J connectivity index is 2.31. The molecule has 120 valence electrons. The molecule has 0 aromatic heterocycles. The van der Waals surface area contributed by atoms with Gasteiger partial charge >= 0.3 is 6.18 Å². The zero-order valence-electron chi connectivity index (χ0n) is 13.1. The fourth-order valence-corrected chi connectivity index (χ4v) is 2.50. The van der Waals surface area contributed by atoms with Gasteiger partial charge in [0, 0.05) is 45.3 Å². The number of rotatable bonds is 6. The van der Waals surface area contributed by atoms with Crippen LogP contribution in [0, 0.1) is 5.41 Å². The summed E-state index contributed by atoms with van der Waals surface area (Å²) in [6, 6.07) is 0.456. The van der Waals surface area contributed by atoms with Crippen LogP contribution in [0.2, 0.25) is 0 Å². The van der Waals surface area contributed by atoms with E-state index in [9.17, 15) is 13.2 Å². The van der Waals surface area contributed by atoms with Crippen LogP contribution < -0.4 is 5.32 Å².